The number of nitrogens with one attached hydrogen (secondary N) is 2. The smallest absolute Gasteiger partial charge is 0.260 e. The second-order valence-corrected chi connectivity index (χ2v) is 10.00. The third-order valence-electron chi connectivity index (χ3n) is 7.60. The maximum Gasteiger partial charge on any atom is 0.260 e. The summed E-state index contributed by atoms with van der Waals surface area (Å²) in [6, 6.07) is 15.5. The van der Waals surface area contributed by atoms with Crippen molar-refractivity contribution in [2.24, 2.45) is 5.41 Å². The quantitative estimate of drug-likeness (QED) is 0.569. The number of hydrogen-bond donors (Lipinski definition) is 2. The van der Waals surface area contributed by atoms with Crippen LogP contribution < -0.4 is 10.1 Å². The number of aryl methyl sites for hydroxylation is 1. The molecule has 0 radical (unpaired) electrons. The molecule has 2 aliphatic rings. The van der Waals surface area contributed by atoms with Crippen molar-refractivity contribution in [3.63, 3.8) is 0 Å². The first kappa shape index (κ1) is 24.0. The second-order valence-electron chi connectivity index (χ2n) is 10.00. The number of likely N-dealkylation sites (tertiary alicyclic amines) is 1. The molecule has 2 aliphatic heterocycles. The Labute approximate surface area is 211 Å². The number of carbonyl (C=O) groups excluding carboxylic acids is 2. The first-order chi connectivity index (χ1) is 17.5. The van der Waals surface area contributed by atoms with Gasteiger partial charge in [0.25, 0.3) is 11.8 Å². The van der Waals surface area contributed by atoms with E-state index in [1.165, 1.54) is 6.33 Å². The Kier molecular flexibility index (Phi) is 7.02. The van der Waals surface area contributed by atoms with E-state index in [2.05, 4.69) is 26.6 Å². The molecule has 0 saturated carbocycles. The van der Waals surface area contributed by atoms with Crippen molar-refractivity contribution < 1.29 is 14.3 Å². The number of amides is 2. The first-order valence-electron chi connectivity index (χ1n) is 12.8. The van der Waals surface area contributed by atoms with E-state index in [4.69, 9.17) is 4.74 Å². The van der Waals surface area contributed by atoms with E-state index < -0.39 is 6.10 Å². The van der Waals surface area contributed by atoms with Gasteiger partial charge in [-0.15, -0.1) is 0 Å². The lowest BCUT2D eigenvalue weighted by Gasteiger charge is -2.42. The molecule has 188 valence electrons. The average molecular weight is 488 g/mol. The Morgan fingerprint density at radius 3 is 2.72 bits per heavy atom. The fourth-order valence-corrected chi connectivity index (χ4v) is 5.33. The molecule has 3 heterocycles. The van der Waals surface area contributed by atoms with Crippen LogP contribution in [0.1, 0.15) is 54.9 Å². The van der Waals surface area contributed by atoms with Crippen LogP contribution in [0.2, 0.25) is 0 Å². The van der Waals surface area contributed by atoms with Gasteiger partial charge in [0.05, 0.1) is 0 Å². The molecule has 0 aliphatic carbocycles. The minimum absolute atomic E-state index is 0.00738. The highest BCUT2D eigenvalue weighted by molar-refractivity contribution is 5.95. The molecule has 8 heteroatoms. The minimum Gasteiger partial charge on any atom is -0.481 e. The molecule has 1 aromatic heterocycles. The molecule has 1 atom stereocenters. The summed E-state index contributed by atoms with van der Waals surface area (Å²) in [5, 5.41) is 9.91. The molecular weight excluding hydrogens is 454 g/mol. The number of hydrogen-bond acceptors (Lipinski definition) is 5. The summed E-state index contributed by atoms with van der Waals surface area (Å²) in [4.78, 5) is 32.3. The van der Waals surface area contributed by atoms with Crippen molar-refractivity contribution >= 4 is 11.8 Å². The Morgan fingerprint density at radius 2 is 1.92 bits per heavy atom. The van der Waals surface area contributed by atoms with Gasteiger partial charge in [0.1, 0.15) is 12.1 Å². The zero-order valence-electron chi connectivity index (χ0n) is 20.7. The number of rotatable bonds is 2. The number of aromatic amines is 1. The van der Waals surface area contributed by atoms with E-state index >= 15 is 0 Å². The number of ether oxygens (including phenoxy) is 1. The van der Waals surface area contributed by atoms with Gasteiger partial charge in [0, 0.05) is 30.8 Å². The van der Waals surface area contributed by atoms with Gasteiger partial charge < -0.3 is 15.0 Å². The fourth-order valence-electron chi connectivity index (χ4n) is 5.33. The summed E-state index contributed by atoms with van der Waals surface area (Å²) in [6.45, 7) is 3.77. The van der Waals surface area contributed by atoms with Crippen LogP contribution in [-0.4, -0.2) is 57.6 Å². The van der Waals surface area contributed by atoms with Crippen molar-refractivity contribution in [2.75, 3.05) is 19.6 Å². The molecule has 1 spiro atoms. The van der Waals surface area contributed by atoms with Gasteiger partial charge in [-0.05, 0) is 68.2 Å². The van der Waals surface area contributed by atoms with Crippen molar-refractivity contribution in [1.29, 1.82) is 0 Å². The van der Waals surface area contributed by atoms with Crippen LogP contribution >= 0.6 is 0 Å². The molecule has 2 amide bonds. The van der Waals surface area contributed by atoms with E-state index in [0.717, 1.165) is 55.4 Å². The van der Waals surface area contributed by atoms with Crippen LogP contribution in [0, 0.1) is 5.41 Å². The van der Waals surface area contributed by atoms with Gasteiger partial charge in [-0.1, -0.05) is 36.8 Å². The van der Waals surface area contributed by atoms with E-state index in [0.29, 0.717) is 31.0 Å². The summed E-state index contributed by atoms with van der Waals surface area (Å²) < 4.78 is 6.02. The summed E-state index contributed by atoms with van der Waals surface area (Å²) in [5.74, 6) is 1.39. The lowest BCUT2D eigenvalue weighted by atomic mass is 9.74. The van der Waals surface area contributed by atoms with E-state index in [-0.39, 0.29) is 17.2 Å². The zero-order valence-corrected chi connectivity index (χ0v) is 20.7. The number of benzene rings is 2. The minimum atomic E-state index is -0.555. The van der Waals surface area contributed by atoms with Crippen LogP contribution in [-0.2, 0) is 11.2 Å². The highest BCUT2D eigenvalue weighted by atomic mass is 16.5. The fraction of sp³-hybridized carbons (Fsp3) is 0.429. The maximum atomic E-state index is 13.3. The van der Waals surface area contributed by atoms with Gasteiger partial charge >= 0.3 is 0 Å². The Bertz CT molecular complexity index is 1200. The largest absolute Gasteiger partial charge is 0.481 e. The molecule has 3 aromatic rings. The maximum absolute atomic E-state index is 13.3. The summed E-state index contributed by atoms with van der Waals surface area (Å²) in [5.41, 5.74) is 2.63. The van der Waals surface area contributed by atoms with Crippen LogP contribution in [0.25, 0.3) is 11.4 Å². The molecule has 36 heavy (non-hydrogen) atoms. The third-order valence-corrected chi connectivity index (χ3v) is 7.60. The number of H-pyrrole nitrogens is 1. The second kappa shape index (κ2) is 10.5. The number of aromatic nitrogens is 3. The zero-order chi connectivity index (χ0) is 25.0. The number of fused-ring (bicyclic) bond motifs is 1. The highest BCUT2D eigenvalue weighted by Gasteiger charge is 2.36. The molecule has 1 saturated heterocycles. The van der Waals surface area contributed by atoms with Crippen molar-refractivity contribution in [3.8, 4) is 17.1 Å². The normalized spacial score (nSPS) is 20.4. The Balaban J connectivity index is 1.25. The molecular formula is C28H33N5O3. The van der Waals surface area contributed by atoms with E-state index in [9.17, 15) is 9.59 Å². The predicted octanol–water partition coefficient (Wildman–Crippen LogP) is 4.00. The monoisotopic (exact) mass is 487 g/mol. The van der Waals surface area contributed by atoms with Crippen LogP contribution in [0.5, 0.6) is 5.75 Å². The van der Waals surface area contributed by atoms with Gasteiger partial charge in [0.15, 0.2) is 11.9 Å². The Hall–Kier alpha value is -3.68. The van der Waals surface area contributed by atoms with Crippen LogP contribution in [0.15, 0.2) is 54.9 Å². The Morgan fingerprint density at radius 1 is 1.08 bits per heavy atom. The molecule has 0 unspecified atom stereocenters. The molecule has 1 fully saturated rings. The molecule has 2 N–H and O–H groups in total. The molecule has 2 aromatic carbocycles. The van der Waals surface area contributed by atoms with Crippen LogP contribution in [0.3, 0.4) is 0 Å². The summed E-state index contributed by atoms with van der Waals surface area (Å²) in [7, 11) is 0. The number of carbonyl (C=O) groups is 2. The van der Waals surface area contributed by atoms with E-state index in [1.807, 2.05) is 47.4 Å². The van der Waals surface area contributed by atoms with Gasteiger partial charge in [0.2, 0.25) is 0 Å². The lowest BCUT2D eigenvalue weighted by Crippen LogP contribution is -2.49. The average Bonchev–Trinajstić information content (AvgIpc) is 3.45. The third kappa shape index (κ3) is 5.27. The number of piperidine rings is 1. The summed E-state index contributed by atoms with van der Waals surface area (Å²) >= 11 is 0. The van der Waals surface area contributed by atoms with Gasteiger partial charge in [-0.25, -0.2) is 4.98 Å². The lowest BCUT2D eigenvalue weighted by molar-refractivity contribution is -0.128. The highest BCUT2D eigenvalue weighted by Crippen LogP contribution is 2.37. The molecule has 5 rings (SSSR count). The molecule has 0 bridgehead atoms. The standard InChI is InChI=1S/C28H33N5O3/c1-20-26(34)29-18-28(12-5-4-8-21-7-2-3-11-24(21)36-20)13-15-33(16-14-28)27(35)23-10-6-9-22(17-23)25-30-19-31-32-25/h2-3,6-7,9-11,17,19-20H,4-5,8,12-16,18H2,1H3,(H,29,34)(H,30,31,32)/t20-/m1/s1. The molecule has 8 nitrogen and oxygen atoms in total. The van der Waals surface area contributed by atoms with E-state index in [1.54, 1.807) is 6.92 Å². The number of nitrogens with zero attached hydrogens (tertiary/aromatic N) is 3. The van der Waals surface area contributed by atoms with Crippen molar-refractivity contribution in [1.82, 2.24) is 25.4 Å². The van der Waals surface area contributed by atoms with Crippen LogP contribution in [0.4, 0.5) is 0 Å². The SMILES string of the molecule is C[C@H]1Oc2ccccc2CCCCC2(CCN(C(=O)c3cccc(-c4ncn[nH]4)c3)CC2)CNC1=O. The summed E-state index contributed by atoms with van der Waals surface area (Å²) in [6.07, 6.45) is 6.76. The first-order valence-corrected chi connectivity index (χ1v) is 12.8. The van der Waals surface area contributed by atoms with Gasteiger partial charge in [-0.2, -0.15) is 5.10 Å². The van der Waals surface area contributed by atoms with Crippen molar-refractivity contribution in [3.05, 3.63) is 66.0 Å². The van der Waals surface area contributed by atoms with Gasteiger partial charge in [-0.3, -0.25) is 14.7 Å². The van der Waals surface area contributed by atoms with Crippen molar-refractivity contribution in [2.45, 2.75) is 51.6 Å². The topological polar surface area (TPSA) is 100 Å². The predicted molar refractivity (Wildman–Crippen MR) is 136 cm³/mol. The number of para-hydroxylation sites is 1.